The first-order valence-electron chi connectivity index (χ1n) is 13.5. The van der Waals surface area contributed by atoms with E-state index in [1.165, 1.54) is 38.6 Å². The molecule has 36 heavy (non-hydrogen) atoms. The van der Waals surface area contributed by atoms with Gasteiger partial charge in [0.05, 0.1) is 17.4 Å². The molecule has 0 unspecified atom stereocenters. The molecule has 0 aromatic carbocycles. The molecule has 0 bridgehead atoms. The van der Waals surface area contributed by atoms with E-state index in [0.717, 1.165) is 67.5 Å². The molecule has 3 aromatic heterocycles. The smallest absolute Gasteiger partial charge is 0.268 e. The third-order valence-corrected chi connectivity index (χ3v) is 8.55. The summed E-state index contributed by atoms with van der Waals surface area (Å²) in [6, 6.07) is 6.06. The van der Waals surface area contributed by atoms with Crippen molar-refractivity contribution in [3.05, 3.63) is 36.3 Å². The van der Waals surface area contributed by atoms with Gasteiger partial charge in [-0.2, -0.15) is 4.98 Å². The molecule has 0 radical (unpaired) electrons. The van der Waals surface area contributed by atoms with Crippen LogP contribution in [0.3, 0.4) is 0 Å². The summed E-state index contributed by atoms with van der Waals surface area (Å²) in [6.45, 7) is 6.31. The van der Waals surface area contributed by atoms with Crippen LogP contribution in [0.25, 0.3) is 11.0 Å². The first-order chi connectivity index (χ1) is 17.7. The molecule has 1 spiro atoms. The van der Waals surface area contributed by atoms with E-state index in [4.69, 9.17) is 4.98 Å². The van der Waals surface area contributed by atoms with Crippen molar-refractivity contribution in [2.75, 3.05) is 49.5 Å². The minimum absolute atomic E-state index is 0.0238. The van der Waals surface area contributed by atoms with E-state index < -0.39 is 0 Å². The number of aromatic nitrogens is 4. The molecule has 2 aliphatic heterocycles. The van der Waals surface area contributed by atoms with Gasteiger partial charge in [0.1, 0.15) is 17.2 Å². The molecule has 5 heterocycles. The van der Waals surface area contributed by atoms with Crippen molar-refractivity contribution in [3.8, 4) is 0 Å². The molecule has 3 fully saturated rings. The van der Waals surface area contributed by atoms with Crippen LogP contribution in [0, 0.1) is 5.92 Å². The summed E-state index contributed by atoms with van der Waals surface area (Å²) in [4.78, 5) is 31.8. The Bertz CT molecular complexity index is 1270. The number of piperazine rings is 1. The molecule has 1 amide bonds. The van der Waals surface area contributed by atoms with E-state index in [2.05, 4.69) is 41.0 Å². The highest BCUT2D eigenvalue weighted by atomic mass is 16.2. The van der Waals surface area contributed by atoms with Crippen LogP contribution in [0.5, 0.6) is 0 Å². The Kier molecular flexibility index (Phi) is 5.34. The third kappa shape index (κ3) is 3.99. The predicted molar refractivity (Wildman–Crippen MR) is 140 cm³/mol. The van der Waals surface area contributed by atoms with Crippen molar-refractivity contribution in [2.24, 2.45) is 5.92 Å². The number of nitrogens with one attached hydrogen (secondary N) is 2. The van der Waals surface area contributed by atoms with Crippen LogP contribution in [0.15, 0.2) is 30.6 Å². The molecule has 2 N–H and O–H groups in total. The fraction of sp³-hybridized carbons (Fsp3) is 0.556. The van der Waals surface area contributed by atoms with Crippen LogP contribution in [0.2, 0.25) is 0 Å². The first kappa shape index (κ1) is 22.0. The SMILES string of the molecule is O=C1NCC2(CCCCC2)n2c1cc1cnc(Nc3ccc(N4CCN(CC5CC5)CC4)cn3)nc12. The summed E-state index contributed by atoms with van der Waals surface area (Å²) >= 11 is 0. The van der Waals surface area contributed by atoms with Crippen molar-refractivity contribution >= 4 is 34.4 Å². The quantitative estimate of drug-likeness (QED) is 0.570. The van der Waals surface area contributed by atoms with Gasteiger partial charge in [-0.1, -0.05) is 19.3 Å². The normalized spacial score (nSPS) is 22.0. The fourth-order valence-corrected chi connectivity index (χ4v) is 6.34. The Morgan fingerprint density at radius 2 is 1.86 bits per heavy atom. The van der Waals surface area contributed by atoms with Crippen molar-refractivity contribution in [3.63, 3.8) is 0 Å². The lowest BCUT2D eigenvalue weighted by molar-refractivity contribution is 0.0833. The molecule has 4 aliphatic rings. The minimum Gasteiger partial charge on any atom is -0.368 e. The van der Waals surface area contributed by atoms with Gasteiger partial charge in [0.15, 0.2) is 0 Å². The number of amides is 1. The van der Waals surface area contributed by atoms with Crippen LogP contribution in [0.1, 0.15) is 55.4 Å². The van der Waals surface area contributed by atoms with Gasteiger partial charge in [0.25, 0.3) is 5.91 Å². The van der Waals surface area contributed by atoms with E-state index in [-0.39, 0.29) is 11.4 Å². The maximum Gasteiger partial charge on any atom is 0.268 e. The lowest BCUT2D eigenvalue weighted by atomic mass is 9.80. The molecule has 2 aliphatic carbocycles. The van der Waals surface area contributed by atoms with Crippen LogP contribution in [-0.2, 0) is 5.54 Å². The molecule has 9 heteroatoms. The van der Waals surface area contributed by atoms with Crippen molar-refractivity contribution in [1.29, 1.82) is 0 Å². The Balaban J connectivity index is 1.09. The Morgan fingerprint density at radius 1 is 1.03 bits per heavy atom. The lowest BCUT2D eigenvalue weighted by Crippen LogP contribution is -2.52. The average Bonchev–Trinajstić information content (AvgIpc) is 3.64. The minimum atomic E-state index is -0.0859. The lowest BCUT2D eigenvalue weighted by Gasteiger charge is -2.42. The fourth-order valence-electron chi connectivity index (χ4n) is 6.34. The average molecular weight is 487 g/mol. The molecule has 9 nitrogen and oxygen atoms in total. The number of carbonyl (C=O) groups excluding carboxylic acids is 1. The summed E-state index contributed by atoms with van der Waals surface area (Å²) in [7, 11) is 0. The number of anilines is 3. The first-order valence-corrected chi connectivity index (χ1v) is 13.5. The van der Waals surface area contributed by atoms with E-state index in [9.17, 15) is 4.79 Å². The number of rotatable bonds is 5. The number of fused-ring (bicyclic) bond motifs is 4. The van der Waals surface area contributed by atoms with Gasteiger partial charge in [-0.15, -0.1) is 0 Å². The molecule has 3 aromatic rings. The second-order valence-electron chi connectivity index (χ2n) is 11.1. The summed E-state index contributed by atoms with van der Waals surface area (Å²) in [5, 5.41) is 7.31. The molecule has 2 saturated carbocycles. The van der Waals surface area contributed by atoms with Gasteiger partial charge in [-0.3, -0.25) is 9.69 Å². The molecular formula is C27H34N8O. The Labute approximate surface area is 211 Å². The highest BCUT2D eigenvalue weighted by molar-refractivity contribution is 5.99. The second-order valence-corrected chi connectivity index (χ2v) is 11.1. The number of nitrogens with zero attached hydrogens (tertiary/aromatic N) is 6. The zero-order valence-electron chi connectivity index (χ0n) is 20.7. The second kappa shape index (κ2) is 8.73. The number of pyridine rings is 1. The molecule has 7 rings (SSSR count). The number of hydrogen-bond acceptors (Lipinski definition) is 7. The summed E-state index contributed by atoms with van der Waals surface area (Å²) < 4.78 is 2.20. The Morgan fingerprint density at radius 3 is 2.61 bits per heavy atom. The highest BCUT2D eigenvalue weighted by Gasteiger charge is 2.41. The van der Waals surface area contributed by atoms with Crippen LogP contribution in [-0.4, -0.2) is 69.6 Å². The third-order valence-electron chi connectivity index (χ3n) is 8.55. The van der Waals surface area contributed by atoms with Gasteiger partial charge in [0, 0.05) is 50.9 Å². The topological polar surface area (TPSA) is 91.2 Å². The maximum absolute atomic E-state index is 12.7. The standard InChI is InChI=1S/C27H34N8O/c36-25-22-14-20-15-29-26(32-24(20)35(22)27(18-30-25)8-2-1-3-9-27)31-23-7-6-21(16-28-23)34-12-10-33(11-13-34)17-19-4-5-19/h6-7,14-16,19H,1-5,8-13,17-18H2,(H,30,36)(H,28,29,31,32). The van der Waals surface area contributed by atoms with Crippen LogP contribution in [0.4, 0.5) is 17.5 Å². The van der Waals surface area contributed by atoms with Crippen molar-refractivity contribution < 1.29 is 4.79 Å². The number of hydrogen-bond donors (Lipinski definition) is 2. The predicted octanol–water partition coefficient (Wildman–Crippen LogP) is 3.50. The van der Waals surface area contributed by atoms with Crippen LogP contribution < -0.4 is 15.5 Å². The van der Waals surface area contributed by atoms with E-state index in [1.807, 2.05) is 24.5 Å². The highest BCUT2D eigenvalue weighted by Crippen LogP contribution is 2.40. The van der Waals surface area contributed by atoms with E-state index in [1.54, 1.807) is 0 Å². The largest absolute Gasteiger partial charge is 0.368 e. The van der Waals surface area contributed by atoms with Gasteiger partial charge in [0.2, 0.25) is 5.95 Å². The van der Waals surface area contributed by atoms with Gasteiger partial charge < -0.3 is 20.1 Å². The van der Waals surface area contributed by atoms with E-state index in [0.29, 0.717) is 18.2 Å². The van der Waals surface area contributed by atoms with Crippen molar-refractivity contribution in [1.82, 2.24) is 29.7 Å². The zero-order valence-corrected chi connectivity index (χ0v) is 20.7. The Hall–Kier alpha value is -3.20. The number of carbonyl (C=O) groups is 1. The maximum atomic E-state index is 12.7. The monoisotopic (exact) mass is 486 g/mol. The van der Waals surface area contributed by atoms with Gasteiger partial charge in [-0.25, -0.2) is 9.97 Å². The summed E-state index contributed by atoms with van der Waals surface area (Å²) in [5.74, 6) is 2.16. The molecular weight excluding hydrogens is 452 g/mol. The molecule has 1 saturated heterocycles. The molecule has 0 atom stereocenters. The zero-order chi connectivity index (χ0) is 24.1. The van der Waals surface area contributed by atoms with Crippen LogP contribution >= 0.6 is 0 Å². The summed E-state index contributed by atoms with van der Waals surface area (Å²) in [5.41, 5.74) is 2.61. The summed E-state index contributed by atoms with van der Waals surface area (Å²) in [6.07, 6.45) is 12.3. The van der Waals surface area contributed by atoms with Gasteiger partial charge >= 0.3 is 0 Å². The van der Waals surface area contributed by atoms with E-state index >= 15 is 0 Å². The van der Waals surface area contributed by atoms with Gasteiger partial charge in [-0.05, 0) is 49.8 Å². The van der Waals surface area contributed by atoms with Crippen molar-refractivity contribution in [2.45, 2.75) is 50.5 Å². The molecule has 188 valence electrons.